The predicted molar refractivity (Wildman–Crippen MR) is 165 cm³/mol. The highest BCUT2D eigenvalue weighted by Crippen LogP contribution is 2.53. The number of halogens is 4. The van der Waals surface area contributed by atoms with Gasteiger partial charge in [0.15, 0.2) is 23.0 Å². The SMILES string of the molecule is CN(C)[C@@H]1C(=O)C(C(N)=O)=C(O)[C@@]2(O)C(=O)C3=C(O)c4c(O)c(NC(=O)CNC(C)(C)C)nc(Cl)c4C[C@H]3C[C@@H]12.Cl.Cl.Cl. The van der Waals surface area contributed by atoms with Crippen molar-refractivity contribution in [3.8, 4) is 5.75 Å². The van der Waals surface area contributed by atoms with Crippen molar-refractivity contribution < 1.29 is 39.6 Å². The number of aliphatic hydroxyl groups is 3. The number of carbonyl (C=O) groups excluding carboxylic acids is 4. The minimum Gasteiger partial charge on any atom is -0.508 e. The van der Waals surface area contributed by atoms with Crippen molar-refractivity contribution in [2.24, 2.45) is 17.6 Å². The van der Waals surface area contributed by atoms with E-state index in [2.05, 4.69) is 15.6 Å². The smallest absolute Gasteiger partial charge is 0.255 e. The number of rotatable bonds is 5. The highest BCUT2D eigenvalue weighted by Gasteiger charge is 2.64. The summed E-state index contributed by atoms with van der Waals surface area (Å²) in [5.41, 5.74) is 0.880. The number of hydrogen-bond donors (Lipinski definition) is 7. The van der Waals surface area contributed by atoms with E-state index >= 15 is 0 Å². The third-order valence-corrected chi connectivity index (χ3v) is 7.88. The van der Waals surface area contributed by atoms with Gasteiger partial charge in [-0.25, -0.2) is 4.98 Å². The molecule has 1 fully saturated rings. The van der Waals surface area contributed by atoms with E-state index in [4.69, 9.17) is 17.3 Å². The number of aromatic nitrogens is 1. The van der Waals surface area contributed by atoms with Crippen LogP contribution in [0.5, 0.6) is 5.75 Å². The summed E-state index contributed by atoms with van der Waals surface area (Å²) in [7, 11) is 3.03. The number of aromatic hydroxyl groups is 1. The van der Waals surface area contributed by atoms with Crippen LogP contribution in [-0.2, 0) is 25.6 Å². The first kappa shape index (κ1) is 38.4. The number of primary amides is 1. The molecule has 0 aliphatic heterocycles. The molecule has 2 amide bonds. The van der Waals surface area contributed by atoms with Crippen LogP contribution in [0.1, 0.15) is 38.3 Å². The minimum absolute atomic E-state index is 0. The molecule has 0 saturated heterocycles. The van der Waals surface area contributed by atoms with E-state index < -0.39 is 69.7 Å². The number of nitrogens with zero attached hydrogens (tertiary/aromatic N) is 2. The summed E-state index contributed by atoms with van der Waals surface area (Å²) in [6.45, 7) is 5.44. The number of likely N-dealkylation sites (N-methyl/N-ethyl adjacent to an activating group) is 1. The fourth-order valence-electron chi connectivity index (χ4n) is 5.77. The number of hydrogen-bond acceptors (Lipinski definition) is 11. The molecule has 3 aliphatic rings. The molecule has 240 valence electrons. The van der Waals surface area contributed by atoms with E-state index in [0.717, 1.165) is 0 Å². The van der Waals surface area contributed by atoms with Crippen molar-refractivity contribution in [1.82, 2.24) is 15.2 Å². The Morgan fingerprint density at radius 3 is 2.23 bits per heavy atom. The molecule has 17 heteroatoms. The lowest BCUT2D eigenvalue weighted by molar-refractivity contribution is -0.153. The van der Waals surface area contributed by atoms with Gasteiger partial charge in [-0.1, -0.05) is 11.6 Å². The van der Waals surface area contributed by atoms with Gasteiger partial charge in [0.05, 0.1) is 18.2 Å². The van der Waals surface area contributed by atoms with E-state index in [1.807, 2.05) is 20.8 Å². The lowest BCUT2D eigenvalue weighted by Crippen LogP contribution is -2.65. The Balaban J connectivity index is 0.00000308. The van der Waals surface area contributed by atoms with E-state index in [9.17, 15) is 39.6 Å². The van der Waals surface area contributed by atoms with Crippen LogP contribution in [0.25, 0.3) is 5.76 Å². The second-order valence-electron chi connectivity index (χ2n) is 11.6. The fraction of sp³-hybridized carbons (Fsp3) is 0.500. The predicted octanol–water partition coefficient (Wildman–Crippen LogP) is 1.60. The van der Waals surface area contributed by atoms with Crippen molar-refractivity contribution in [1.29, 1.82) is 0 Å². The van der Waals surface area contributed by atoms with Crippen molar-refractivity contribution in [3.63, 3.8) is 0 Å². The fourth-order valence-corrected chi connectivity index (χ4v) is 6.02. The van der Waals surface area contributed by atoms with E-state index in [-0.39, 0.29) is 89.8 Å². The summed E-state index contributed by atoms with van der Waals surface area (Å²) in [5, 5.41) is 50.1. The van der Waals surface area contributed by atoms with Gasteiger partial charge < -0.3 is 36.8 Å². The number of amides is 2. The van der Waals surface area contributed by atoms with Crippen molar-refractivity contribution in [3.05, 3.63) is 33.2 Å². The van der Waals surface area contributed by atoms with Gasteiger partial charge in [0.1, 0.15) is 22.2 Å². The van der Waals surface area contributed by atoms with Gasteiger partial charge in [-0.2, -0.15) is 0 Å². The highest BCUT2D eigenvalue weighted by molar-refractivity contribution is 6.31. The second kappa shape index (κ2) is 13.1. The molecule has 4 atom stereocenters. The first-order chi connectivity index (χ1) is 18.4. The number of nitrogens with one attached hydrogen (secondary N) is 2. The van der Waals surface area contributed by atoms with Gasteiger partial charge in [0, 0.05) is 22.6 Å². The Kier molecular flexibility index (Phi) is 11.7. The Morgan fingerprint density at radius 2 is 1.72 bits per heavy atom. The molecule has 1 aromatic heterocycles. The average Bonchev–Trinajstić information content (AvgIpc) is 2.82. The molecule has 1 saturated carbocycles. The average molecular weight is 687 g/mol. The Hall–Kier alpha value is -2.65. The van der Waals surface area contributed by atoms with Gasteiger partial charge in [-0.15, -0.1) is 37.2 Å². The molecule has 13 nitrogen and oxygen atoms in total. The van der Waals surface area contributed by atoms with Crippen LogP contribution in [0.3, 0.4) is 0 Å². The molecule has 0 spiro atoms. The maximum atomic E-state index is 13.9. The van der Waals surface area contributed by atoms with Gasteiger partial charge in [-0.3, -0.25) is 24.1 Å². The van der Waals surface area contributed by atoms with E-state index in [1.54, 1.807) is 0 Å². The molecule has 0 aromatic carbocycles. The lowest BCUT2D eigenvalue weighted by Gasteiger charge is -2.50. The molecule has 8 N–H and O–H groups in total. The topological polar surface area (TPSA) is 215 Å². The normalized spacial score (nSPS) is 24.6. The van der Waals surface area contributed by atoms with Gasteiger partial charge in [0.2, 0.25) is 11.7 Å². The first-order valence-electron chi connectivity index (χ1n) is 12.5. The minimum atomic E-state index is -2.76. The highest BCUT2D eigenvalue weighted by atomic mass is 35.5. The molecular formula is C26H35Cl4N5O8. The van der Waals surface area contributed by atoms with E-state index in [1.165, 1.54) is 19.0 Å². The standard InChI is InChI=1S/C26H32ClN5O8.3ClH/c1-25(2,3)29-8-12(33)30-24-19(36)14-10(22(27)31-24)6-9-7-11-16(32(4)5)18(35)15(23(28)39)21(38)26(11,40)20(37)13(9)17(14)34;;;/h9,11,16,29,34,36,38,40H,6-8H2,1-5H3,(H2,28,39)(H,30,31,33);3*1H/t9-,11-,16-,26-;;;/m0.../s1. The molecule has 0 unspecified atom stereocenters. The number of ketones is 2. The van der Waals surface area contributed by atoms with Crippen molar-refractivity contribution in [2.75, 3.05) is 26.0 Å². The van der Waals surface area contributed by atoms with Gasteiger partial charge in [-0.05, 0) is 53.6 Å². The zero-order valence-electron chi connectivity index (χ0n) is 23.8. The van der Waals surface area contributed by atoms with E-state index in [0.29, 0.717) is 0 Å². The molecular weight excluding hydrogens is 652 g/mol. The summed E-state index contributed by atoms with van der Waals surface area (Å²) in [6, 6.07) is -1.20. The number of nitrogens with two attached hydrogens (primary N) is 1. The Morgan fingerprint density at radius 1 is 1.14 bits per heavy atom. The van der Waals surface area contributed by atoms with Crippen LogP contribution in [0.2, 0.25) is 5.15 Å². The number of anilines is 1. The number of Topliss-reactive ketones (excluding diaryl/α,β-unsaturated/α-hetero) is 2. The number of pyridine rings is 1. The molecule has 4 rings (SSSR count). The van der Waals surface area contributed by atoms with Crippen LogP contribution in [-0.4, -0.2) is 91.5 Å². The monoisotopic (exact) mass is 685 g/mol. The summed E-state index contributed by atoms with van der Waals surface area (Å²) in [4.78, 5) is 57.0. The van der Waals surface area contributed by atoms with Crippen LogP contribution in [0.4, 0.5) is 5.82 Å². The molecule has 0 radical (unpaired) electrons. The number of fused-ring (bicyclic) bond motifs is 3. The first-order valence-corrected chi connectivity index (χ1v) is 12.9. The Labute approximate surface area is 271 Å². The van der Waals surface area contributed by atoms with Gasteiger partial charge in [0.25, 0.3) is 5.91 Å². The molecule has 1 heterocycles. The zero-order chi connectivity index (χ0) is 30.1. The quantitative estimate of drug-likeness (QED) is 0.174. The third kappa shape index (κ3) is 6.30. The number of aliphatic hydroxyl groups excluding tert-OH is 2. The summed E-state index contributed by atoms with van der Waals surface area (Å²) >= 11 is 6.41. The maximum Gasteiger partial charge on any atom is 0.255 e. The van der Waals surface area contributed by atoms with Crippen LogP contribution < -0.4 is 16.4 Å². The Bertz CT molecular complexity index is 1420. The summed E-state index contributed by atoms with van der Waals surface area (Å²) in [5.74, 6) is -8.80. The van der Waals surface area contributed by atoms with Crippen molar-refractivity contribution >= 4 is 83.8 Å². The molecule has 1 aromatic rings. The lowest BCUT2D eigenvalue weighted by atomic mass is 9.57. The van der Waals surface area contributed by atoms with Gasteiger partial charge >= 0.3 is 0 Å². The van der Waals surface area contributed by atoms with Crippen LogP contribution in [0, 0.1) is 11.8 Å². The van der Waals surface area contributed by atoms with Crippen LogP contribution >= 0.6 is 48.8 Å². The summed E-state index contributed by atoms with van der Waals surface area (Å²) in [6.07, 6.45) is -0.104. The largest absolute Gasteiger partial charge is 0.508 e. The van der Waals surface area contributed by atoms with Crippen LogP contribution in [0.15, 0.2) is 16.9 Å². The molecule has 0 bridgehead atoms. The third-order valence-electron chi connectivity index (χ3n) is 7.57. The number of carbonyl (C=O) groups is 4. The van der Waals surface area contributed by atoms with Crippen molar-refractivity contribution in [2.45, 2.75) is 50.8 Å². The maximum absolute atomic E-state index is 13.9. The molecule has 3 aliphatic carbocycles. The zero-order valence-corrected chi connectivity index (χ0v) is 27.1. The molecule has 43 heavy (non-hydrogen) atoms. The second-order valence-corrected chi connectivity index (χ2v) is 11.9. The summed E-state index contributed by atoms with van der Waals surface area (Å²) < 4.78 is 0.